The summed E-state index contributed by atoms with van der Waals surface area (Å²) in [7, 11) is 0. The maximum absolute atomic E-state index is 12.6. The summed E-state index contributed by atoms with van der Waals surface area (Å²) in [6.45, 7) is 4.56. The third-order valence-corrected chi connectivity index (χ3v) is 4.86. The molecule has 10 heteroatoms. The summed E-state index contributed by atoms with van der Waals surface area (Å²) in [4.78, 5) is 18.6. The number of ether oxygens (including phenoxy) is 2. The fraction of sp³-hybridized carbons (Fsp3) is 0.636. The number of carbonyl (C=O) groups excluding carboxylic acids is 1. The molecule has 182 valence electrons. The molecule has 1 aromatic carbocycles. The Hall–Kier alpha value is -1.85. The van der Waals surface area contributed by atoms with Crippen LogP contribution in [0, 0.1) is 0 Å². The lowest BCUT2D eigenvalue weighted by molar-refractivity contribution is -0.130. The Morgan fingerprint density at radius 1 is 1.19 bits per heavy atom. The van der Waals surface area contributed by atoms with Gasteiger partial charge in [0.1, 0.15) is 0 Å². The Bertz CT molecular complexity index is 722. The summed E-state index contributed by atoms with van der Waals surface area (Å²) >= 11 is 0. The monoisotopic (exact) mass is 568 g/mol. The summed E-state index contributed by atoms with van der Waals surface area (Å²) in [5, 5.41) is 6.47. The predicted octanol–water partition coefficient (Wildman–Crippen LogP) is 4.15. The van der Waals surface area contributed by atoms with E-state index >= 15 is 0 Å². The van der Waals surface area contributed by atoms with Crippen LogP contribution in [0.25, 0.3) is 0 Å². The van der Waals surface area contributed by atoms with Crippen molar-refractivity contribution in [3.63, 3.8) is 0 Å². The van der Waals surface area contributed by atoms with Crippen molar-refractivity contribution in [2.24, 2.45) is 4.99 Å². The number of guanidine groups is 1. The first-order valence-corrected chi connectivity index (χ1v) is 11.0. The number of amides is 1. The minimum Gasteiger partial charge on any atom is -0.490 e. The second kappa shape index (κ2) is 15.9. The van der Waals surface area contributed by atoms with Crippen LogP contribution in [-0.4, -0.2) is 56.2 Å². The molecule has 0 unspecified atom stereocenters. The molecule has 0 saturated carbocycles. The smallest absolute Gasteiger partial charge is 0.387 e. The first-order chi connectivity index (χ1) is 15.0. The van der Waals surface area contributed by atoms with Crippen molar-refractivity contribution in [3.05, 3.63) is 23.8 Å². The van der Waals surface area contributed by atoms with E-state index in [1.807, 2.05) is 11.8 Å². The molecule has 0 bridgehead atoms. The maximum atomic E-state index is 12.6. The molecule has 0 spiro atoms. The first kappa shape index (κ1) is 28.2. The number of likely N-dealkylation sites (tertiary alicyclic amines) is 1. The van der Waals surface area contributed by atoms with Gasteiger partial charge in [0.15, 0.2) is 17.5 Å². The third kappa shape index (κ3) is 10.2. The summed E-state index contributed by atoms with van der Waals surface area (Å²) in [5.41, 5.74) is 0.817. The normalized spacial score (nSPS) is 14.6. The number of rotatable bonds is 11. The molecule has 1 amide bonds. The highest BCUT2D eigenvalue weighted by molar-refractivity contribution is 14.0. The Kier molecular flexibility index (Phi) is 14.0. The van der Waals surface area contributed by atoms with Crippen LogP contribution in [0.1, 0.15) is 51.5 Å². The second-order valence-corrected chi connectivity index (χ2v) is 7.26. The molecule has 1 heterocycles. The van der Waals surface area contributed by atoms with Crippen LogP contribution in [0.2, 0.25) is 0 Å². The number of hydrogen-bond acceptors (Lipinski definition) is 4. The molecule has 0 aromatic heterocycles. The van der Waals surface area contributed by atoms with E-state index in [1.54, 1.807) is 19.1 Å². The summed E-state index contributed by atoms with van der Waals surface area (Å²) in [5.74, 6) is 1.20. The third-order valence-electron chi connectivity index (χ3n) is 4.86. The Balaban J connectivity index is 0.00000512. The molecule has 32 heavy (non-hydrogen) atoms. The van der Waals surface area contributed by atoms with Crippen molar-refractivity contribution in [2.45, 2.75) is 59.1 Å². The highest BCUT2D eigenvalue weighted by atomic mass is 127. The SMILES string of the molecule is CCNC(=NCc1ccc(OC(F)F)c(OCC)c1)NCCCN1CCCCCC1=O.I. The maximum Gasteiger partial charge on any atom is 0.387 e. The van der Waals surface area contributed by atoms with Gasteiger partial charge in [-0.2, -0.15) is 8.78 Å². The molecule has 0 radical (unpaired) electrons. The molecule has 2 N–H and O–H groups in total. The molecule has 1 fully saturated rings. The van der Waals surface area contributed by atoms with Gasteiger partial charge in [-0.3, -0.25) is 4.79 Å². The van der Waals surface area contributed by atoms with Crippen molar-refractivity contribution in [2.75, 3.05) is 32.8 Å². The van der Waals surface area contributed by atoms with Crippen molar-refractivity contribution in [3.8, 4) is 11.5 Å². The molecule has 1 saturated heterocycles. The Morgan fingerprint density at radius 2 is 2.00 bits per heavy atom. The van der Waals surface area contributed by atoms with Gasteiger partial charge in [0, 0.05) is 32.6 Å². The summed E-state index contributed by atoms with van der Waals surface area (Å²) < 4.78 is 35.0. The van der Waals surface area contributed by atoms with E-state index in [0.29, 0.717) is 38.6 Å². The van der Waals surface area contributed by atoms with Crippen molar-refractivity contribution in [1.82, 2.24) is 15.5 Å². The standard InChI is InChI=1S/C22H34F2N4O3.HI/c1-3-25-22(26-12-8-14-28-13-7-5-6-9-20(28)29)27-16-17-10-11-18(31-21(23)24)19(15-17)30-4-2;/h10-11,15,21H,3-9,12-14,16H2,1-2H3,(H2,25,26,27);1H. The van der Waals surface area contributed by atoms with Gasteiger partial charge in [-0.1, -0.05) is 12.5 Å². The van der Waals surface area contributed by atoms with Gasteiger partial charge in [0.2, 0.25) is 5.91 Å². The number of nitrogens with one attached hydrogen (secondary N) is 2. The lowest BCUT2D eigenvalue weighted by atomic mass is 10.2. The minimum atomic E-state index is -2.91. The Labute approximate surface area is 206 Å². The zero-order chi connectivity index (χ0) is 22.5. The fourth-order valence-corrected chi connectivity index (χ4v) is 3.38. The molecule has 1 aliphatic rings. The number of alkyl halides is 2. The van der Waals surface area contributed by atoms with Crippen LogP contribution >= 0.6 is 24.0 Å². The lowest BCUT2D eigenvalue weighted by Gasteiger charge is -2.20. The molecule has 7 nitrogen and oxygen atoms in total. The van der Waals surface area contributed by atoms with Gasteiger partial charge in [-0.05, 0) is 50.8 Å². The van der Waals surface area contributed by atoms with Crippen LogP contribution in [0.5, 0.6) is 11.5 Å². The van der Waals surface area contributed by atoms with Gasteiger partial charge in [0.05, 0.1) is 13.2 Å². The van der Waals surface area contributed by atoms with E-state index in [-0.39, 0.29) is 41.4 Å². The van der Waals surface area contributed by atoms with Gasteiger partial charge in [0.25, 0.3) is 0 Å². The van der Waals surface area contributed by atoms with E-state index in [9.17, 15) is 13.6 Å². The number of carbonyl (C=O) groups is 1. The summed E-state index contributed by atoms with van der Waals surface area (Å²) in [6.07, 6.45) is 4.68. The molecule has 2 rings (SSSR count). The highest BCUT2D eigenvalue weighted by Gasteiger charge is 2.15. The minimum absolute atomic E-state index is 0. The number of aliphatic imine (C=N–C) groups is 1. The molecule has 0 aliphatic carbocycles. The molecule has 1 aromatic rings. The quantitative estimate of drug-likeness (QED) is 0.182. The number of nitrogens with zero attached hydrogens (tertiary/aromatic N) is 2. The average Bonchev–Trinajstić information content (AvgIpc) is 2.94. The number of halogens is 3. The molecule has 0 atom stereocenters. The van der Waals surface area contributed by atoms with Crippen molar-refractivity contribution in [1.29, 1.82) is 0 Å². The summed E-state index contributed by atoms with van der Waals surface area (Å²) in [6, 6.07) is 4.83. The molecule has 1 aliphatic heterocycles. The van der Waals surface area contributed by atoms with E-state index in [2.05, 4.69) is 20.4 Å². The fourth-order valence-electron chi connectivity index (χ4n) is 3.38. The predicted molar refractivity (Wildman–Crippen MR) is 132 cm³/mol. The van der Waals surface area contributed by atoms with Crippen LogP contribution in [0.3, 0.4) is 0 Å². The molecular weight excluding hydrogens is 533 g/mol. The zero-order valence-electron chi connectivity index (χ0n) is 18.9. The lowest BCUT2D eigenvalue weighted by Crippen LogP contribution is -2.39. The van der Waals surface area contributed by atoms with E-state index in [1.165, 1.54) is 6.07 Å². The topological polar surface area (TPSA) is 75.2 Å². The molecular formula is C22H35F2IN4O3. The highest BCUT2D eigenvalue weighted by Crippen LogP contribution is 2.30. The van der Waals surface area contributed by atoms with Gasteiger partial charge in [-0.15, -0.1) is 24.0 Å². The van der Waals surface area contributed by atoms with Gasteiger partial charge in [-0.25, -0.2) is 4.99 Å². The average molecular weight is 568 g/mol. The van der Waals surface area contributed by atoms with Gasteiger partial charge < -0.3 is 25.0 Å². The number of benzene rings is 1. The first-order valence-electron chi connectivity index (χ1n) is 11.0. The van der Waals surface area contributed by atoms with Crippen LogP contribution in [-0.2, 0) is 11.3 Å². The zero-order valence-corrected chi connectivity index (χ0v) is 21.2. The van der Waals surface area contributed by atoms with Gasteiger partial charge >= 0.3 is 6.61 Å². The second-order valence-electron chi connectivity index (χ2n) is 7.26. The van der Waals surface area contributed by atoms with E-state index in [4.69, 9.17) is 4.74 Å². The Morgan fingerprint density at radius 3 is 2.72 bits per heavy atom. The van der Waals surface area contributed by atoms with Crippen LogP contribution in [0.4, 0.5) is 8.78 Å². The van der Waals surface area contributed by atoms with Crippen LogP contribution < -0.4 is 20.1 Å². The van der Waals surface area contributed by atoms with E-state index < -0.39 is 6.61 Å². The van der Waals surface area contributed by atoms with E-state index in [0.717, 1.165) is 44.3 Å². The van der Waals surface area contributed by atoms with Crippen molar-refractivity contribution < 1.29 is 23.0 Å². The van der Waals surface area contributed by atoms with Crippen LogP contribution in [0.15, 0.2) is 23.2 Å². The van der Waals surface area contributed by atoms with Crippen molar-refractivity contribution >= 4 is 35.8 Å². The number of hydrogen-bond donors (Lipinski definition) is 2. The largest absolute Gasteiger partial charge is 0.490 e.